The number of anilines is 2. The molecule has 6 heteroatoms. The molecule has 0 spiro atoms. The Morgan fingerprint density at radius 1 is 1.05 bits per heavy atom. The quantitative estimate of drug-likeness (QED) is 0.762. The molecular weight excluding hydrogens is 284 g/mol. The normalized spacial score (nSPS) is 9.86. The number of benzene rings is 2. The summed E-state index contributed by atoms with van der Waals surface area (Å²) in [5, 5.41) is 14.6. The highest BCUT2D eigenvalue weighted by atomic mass is 16.5. The summed E-state index contributed by atoms with van der Waals surface area (Å²) >= 11 is 0. The van der Waals surface area contributed by atoms with E-state index in [1.165, 1.54) is 6.07 Å². The fraction of sp³-hybridized carbons (Fsp3) is 0.125. The second-order valence-corrected chi connectivity index (χ2v) is 4.45. The van der Waals surface area contributed by atoms with Crippen LogP contribution in [-0.4, -0.2) is 30.6 Å². The molecule has 0 aromatic heterocycles. The van der Waals surface area contributed by atoms with Crippen molar-refractivity contribution in [2.45, 2.75) is 0 Å². The molecule has 0 bridgehead atoms. The van der Waals surface area contributed by atoms with Gasteiger partial charge < -0.3 is 20.5 Å². The van der Waals surface area contributed by atoms with Crippen molar-refractivity contribution >= 4 is 23.3 Å². The fourth-order valence-corrected chi connectivity index (χ4v) is 1.94. The molecule has 0 saturated heterocycles. The van der Waals surface area contributed by atoms with E-state index in [2.05, 4.69) is 10.6 Å². The summed E-state index contributed by atoms with van der Waals surface area (Å²) in [6.07, 6.45) is 0. The van der Waals surface area contributed by atoms with Crippen LogP contribution in [0, 0.1) is 0 Å². The van der Waals surface area contributed by atoms with Gasteiger partial charge in [0, 0.05) is 0 Å². The van der Waals surface area contributed by atoms with Gasteiger partial charge in [0.25, 0.3) is 0 Å². The maximum absolute atomic E-state index is 12.0. The molecule has 0 aliphatic heterocycles. The predicted molar refractivity (Wildman–Crippen MR) is 83.5 cm³/mol. The largest absolute Gasteiger partial charge is 0.495 e. The molecular formula is C16H16N2O4. The van der Waals surface area contributed by atoms with E-state index in [1.54, 1.807) is 37.4 Å². The molecule has 0 saturated carbocycles. The molecule has 2 rings (SSSR count). The summed E-state index contributed by atoms with van der Waals surface area (Å²) in [7, 11) is 1.55. The summed E-state index contributed by atoms with van der Waals surface area (Å²) in [4.78, 5) is 23.0. The Bertz CT molecular complexity index is 685. The number of methoxy groups -OCH3 is 1. The van der Waals surface area contributed by atoms with Crippen molar-refractivity contribution < 1.29 is 19.4 Å². The van der Waals surface area contributed by atoms with Crippen LogP contribution in [0.1, 0.15) is 10.4 Å². The van der Waals surface area contributed by atoms with Gasteiger partial charge in [-0.2, -0.15) is 0 Å². The minimum absolute atomic E-state index is 0.00563. The minimum Gasteiger partial charge on any atom is -0.495 e. The summed E-state index contributed by atoms with van der Waals surface area (Å²) in [6, 6.07) is 13.5. The second kappa shape index (κ2) is 7.12. The van der Waals surface area contributed by atoms with Gasteiger partial charge in [-0.05, 0) is 24.3 Å². The molecule has 0 heterocycles. The Labute approximate surface area is 127 Å². The van der Waals surface area contributed by atoms with Gasteiger partial charge in [0.1, 0.15) is 5.75 Å². The molecule has 0 fully saturated rings. The number of para-hydroxylation sites is 3. The SMILES string of the molecule is COc1ccccc1NCC(=O)Nc1ccccc1C(=O)O. The van der Waals surface area contributed by atoms with Crippen LogP contribution in [0.5, 0.6) is 5.75 Å². The standard InChI is InChI=1S/C16H16N2O4/c1-22-14-9-5-4-8-13(14)17-10-15(19)18-12-7-3-2-6-11(12)16(20)21/h2-9,17H,10H2,1H3,(H,18,19)(H,20,21). The number of hydrogen-bond acceptors (Lipinski definition) is 4. The molecule has 0 aliphatic carbocycles. The van der Waals surface area contributed by atoms with E-state index >= 15 is 0 Å². The van der Waals surface area contributed by atoms with Gasteiger partial charge >= 0.3 is 5.97 Å². The van der Waals surface area contributed by atoms with Gasteiger partial charge in [0.2, 0.25) is 5.91 Å². The number of aromatic carboxylic acids is 1. The van der Waals surface area contributed by atoms with Gasteiger partial charge in [0.05, 0.1) is 30.6 Å². The third kappa shape index (κ3) is 3.76. The van der Waals surface area contributed by atoms with Crippen LogP contribution < -0.4 is 15.4 Å². The van der Waals surface area contributed by atoms with E-state index < -0.39 is 5.97 Å². The minimum atomic E-state index is -1.09. The summed E-state index contributed by atoms with van der Waals surface area (Å²) in [5.41, 5.74) is 1.00. The molecule has 2 aromatic carbocycles. The Morgan fingerprint density at radius 3 is 2.36 bits per heavy atom. The number of amides is 1. The van der Waals surface area contributed by atoms with E-state index in [0.29, 0.717) is 11.4 Å². The average Bonchev–Trinajstić information content (AvgIpc) is 2.53. The van der Waals surface area contributed by atoms with Crippen molar-refractivity contribution in [1.29, 1.82) is 0 Å². The van der Waals surface area contributed by atoms with Crippen LogP contribution in [-0.2, 0) is 4.79 Å². The molecule has 0 unspecified atom stereocenters. The van der Waals surface area contributed by atoms with Crippen molar-refractivity contribution in [1.82, 2.24) is 0 Å². The second-order valence-electron chi connectivity index (χ2n) is 4.45. The van der Waals surface area contributed by atoms with Crippen LogP contribution in [0.15, 0.2) is 48.5 Å². The molecule has 6 nitrogen and oxygen atoms in total. The number of carbonyl (C=O) groups is 2. The maximum Gasteiger partial charge on any atom is 0.337 e. The highest BCUT2D eigenvalue weighted by molar-refractivity contribution is 6.01. The summed E-state index contributed by atoms with van der Waals surface area (Å²) in [6.45, 7) is -0.00563. The average molecular weight is 300 g/mol. The first-order valence-corrected chi connectivity index (χ1v) is 6.61. The molecule has 22 heavy (non-hydrogen) atoms. The third-order valence-electron chi connectivity index (χ3n) is 2.98. The lowest BCUT2D eigenvalue weighted by Gasteiger charge is -2.12. The van der Waals surface area contributed by atoms with Gasteiger partial charge in [-0.15, -0.1) is 0 Å². The monoisotopic (exact) mass is 300 g/mol. The summed E-state index contributed by atoms with van der Waals surface area (Å²) < 4.78 is 5.17. The zero-order valence-corrected chi connectivity index (χ0v) is 12.0. The van der Waals surface area contributed by atoms with Crippen LogP contribution in [0.25, 0.3) is 0 Å². The molecule has 0 atom stereocenters. The van der Waals surface area contributed by atoms with E-state index in [-0.39, 0.29) is 23.7 Å². The molecule has 114 valence electrons. The lowest BCUT2D eigenvalue weighted by atomic mass is 10.2. The first kappa shape index (κ1) is 15.4. The lowest BCUT2D eigenvalue weighted by molar-refractivity contribution is -0.114. The van der Waals surface area contributed by atoms with Crippen LogP contribution >= 0.6 is 0 Å². The number of carboxylic acids is 1. The van der Waals surface area contributed by atoms with E-state index in [4.69, 9.17) is 9.84 Å². The van der Waals surface area contributed by atoms with Crippen molar-refractivity contribution in [2.24, 2.45) is 0 Å². The Morgan fingerprint density at radius 2 is 1.68 bits per heavy atom. The molecule has 2 aromatic rings. The predicted octanol–water partition coefficient (Wildman–Crippen LogP) is 2.44. The van der Waals surface area contributed by atoms with Crippen molar-refractivity contribution in [3.8, 4) is 5.75 Å². The van der Waals surface area contributed by atoms with Crippen molar-refractivity contribution in [3.05, 3.63) is 54.1 Å². The van der Waals surface area contributed by atoms with Crippen molar-refractivity contribution in [2.75, 3.05) is 24.3 Å². The number of rotatable bonds is 6. The smallest absolute Gasteiger partial charge is 0.337 e. The number of ether oxygens (including phenoxy) is 1. The zero-order chi connectivity index (χ0) is 15.9. The maximum atomic E-state index is 12.0. The highest BCUT2D eigenvalue weighted by Gasteiger charge is 2.11. The summed E-state index contributed by atoms with van der Waals surface area (Å²) in [5.74, 6) is -0.811. The lowest BCUT2D eigenvalue weighted by Crippen LogP contribution is -2.23. The van der Waals surface area contributed by atoms with E-state index in [1.807, 2.05) is 12.1 Å². The molecule has 0 radical (unpaired) electrons. The van der Waals surface area contributed by atoms with Crippen LogP contribution in [0.4, 0.5) is 11.4 Å². The first-order valence-electron chi connectivity index (χ1n) is 6.61. The first-order chi connectivity index (χ1) is 10.6. The van der Waals surface area contributed by atoms with Gasteiger partial charge in [0.15, 0.2) is 0 Å². The number of hydrogen-bond donors (Lipinski definition) is 3. The number of carbonyl (C=O) groups excluding carboxylic acids is 1. The van der Waals surface area contributed by atoms with Gasteiger partial charge in [-0.3, -0.25) is 4.79 Å². The van der Waals surface area contributed by atoms with Crippen LogP contribution in [0.2, 0.25) is 0 Å². The van der Waals surface area contributed by atoms with Crippen molar-refractivity contribution in [3.63, 3.8) is 0 Å². The molecule has 0 aliphatic rings. The van der Waals surface area contributed by atoms with E-state index in [0.717, 1.165) is 0 Å². The highest BCUT2D eigenvalue weighted by Crippen LogP contribution is 2.22. The Balaban J connectivity index is 2.01. The number of carboxylic acid groups (broad SMARTS) is 1. The van der Waals surface area contributed by atoms with Crippen LogP contribution in [0.3, 0.4) is 0 Å². The van der Waals surface area contributed by atoms with E-state index in [9.17, 15) is 9.59 Å². The molecule has 1 amide bonds. The fourth-order valence-electron chi connectivity index (χ4n) is 1.94. The zero-order valence-electron chi connectivity index (χ0n) is 12.0. The van der Waals surface area contributed by atoms with Gasteiger partial charge in [-0.1, -0.05) is 24.3 Å². The molecule has 3 N–H and O–H groups in total. The third-order valence-corrected chi connectivity index (χ3v) is 2.98. The topological polar surface area (TPSA) is 87.7 Å². The Hall–Kier alpha value is -3.02. The number of nitrogens with one attached hydrogen (secondary N) is 2. The Kier molecular flexibility index (Phi) is 4.98. The van der Waals surface area contributed by atoms with Gasteiger partial charge in [-0.25, -0.2) is 4.79 Å².